The highest BCUT2D eigenvalue weighted by Crippen LogP contribution is 2.19. The second-order valence-corrected chi connectivity index (χ2v) is 5.52. The quantitative estimate of drug-likeness (QED) is 0.869. The van der Waals surface area contributed by atoms with Crippen LogP contribution in [0, 0.1) is 29.4 Å². The topological polar surface area (TPSA) is 29.1 Å². The van der Waals surface area contributed by atoms with Gasteiger partial charge < -0.3 is 5.32 Å². The number of benzene rings is 1. The Morgan fingerprint density at radius 3 is 1.95 bits per heavy atom. The van der Waals surface area contributed by atoms with Gasteiger partial charge in [0.05, 0.1) is 0 Å². The Morgan fingerprint density at radius 2 is 1.53 bits per heavy atom. The van der Waals surface area contributed by atoms with Crippen molar-refractivity contribution in [2.75, 3.05) is 6.54 Å². The molecular weight excluding hydrogens is 248 g/mol. The molecule has 0 aliphatic carbocycles. The zero-order valence-electron chi connectivity index (χ0n) is 11.8. The normalized spacial score (nSPS) is 11.4. The summed E-state index contributed by atoms with van der Waals surface area (Å²) >= 11 is 0. The Morgan fingerprint density at radius 1 is 1.05 bits per heavy atom. The third-order valence-corrected chi connectivity index (χ3v) is 3.34. The molecule has 0 atom stereocenters. The average molecular weight is 269 g/mol. The highest BCUT2D eigenvalue weighted by atomic mass is 19.1. The summed E-state index contributed by atoms with van der Waals surface area (Å²) in [5.41, 5.74) is 0.0174. The van der Waals surface area contributed by atoms with Crippen LogP contribution in [0.1, 0.15) is 38.1 Å². The molecular formula is C15H21F2NO. The molecule has 4 heteroatoms. The summed E-state index contributed by atoms with van der Waals surface area (Å²) in [6, 6.07) is 2.83. The Balaban J connectivity index is 2.69. The van der Waals surface area contributed by atoms with Gasteiger partial charge in [0.15, 0.2) is 0 Å². The number of halogens is 2. The fraction of sp³-hybridized carbons (Fsp3) is 0.533. The fourth-order valence-electron chi connectivity index (χ4n) is 2.24. The number of hydrogen-bond donors (Lipinski definition) is 1. The fourth-order valence-corrected chi connectivity index (χ4v) is 2.24. The van der Waals surface area contributed by atoms with Gasteiger partial charge in [0.1, 0.15) is 11.6 Å². The molecule has 0 spiro atoms. The lowest BCUT2D eigenvalue weighted by Gasteiger charge is -2.25. The largest absolute Gasteiger partial charge is 0.352 e. The third-order valence-electron chi connectivity index (χ3n) is 3.34. The molecule has 1 amide bonds. The van der Waals surface area contributed by atoms with E-state index in [0.717, 1.165) is 18.2 Å². The van der Waals surface area contributed by atoms with Crippen molar-refractivity contribution >= 4 is 5.91 Å². The van der Waals surface area contributed by atoms with Crippen LogP contribution in [0.2, 0.25) is 0 Å². The summed E-state index contributed by atoms with van der Waals surface area (Å²) in [5.74, 6) is -0.718. The van der Waals surface area contributed by atoms with Crippen LogP contribution in [0.15, 0.2) is 18.2 Å². The Labute approximate surface area is 113 Å². The van der Waals surface area contributed by atoms with Gasteiger partial charge in [0.25, 0.3) is 5.91 Å². The first-order valence-electron chi connectivity index (χ1n) is 6.55. The van der Waals surface area contributed by atoms with Crippen LogP contribution in [0.25, 0.3) is 0 Å². The van der Waals surface area contributed by atoms with Gasteiger partial charge in [-0.05, 0) is 29.9 Å². The molecule has 19 heavy (non-hydrogen) atoms. The monoisotopic (exact) mass is 269 g/mol. The standard InChI is InChI=1S/C15H21F2NO/c1-9(2)14(10(3)4)8-18-15(19)11-5-12(16)7-13(17)6-11/h5-7,9-10,14H,8H2,1-4H3,(H,18,19). The second kappa shape index (κ2) is 6.64. The molecule has 0 aliphatic heterocycles. The number of rotatable bonds is 5. The van der Waals surface area contributed by atoms with Gasteiger partial charge in [0.2, 0.25) is 0 Å². The van der Waals surface area contributed by atoms with Gasteiger partial charge in [-0.1, -0.05) is 27.7 Å². The van der Waals surface area contributed by atoms with Crippen molar-refractivity contribution in [1.82, 2.24) is 5.32 Å². The molecule has 0 aromatic heterocycles. The van der Waals surface area contributed by atoms with Crippen molar-refractivity contribution in [2.45, 2.75) is 27.7 Å². The van der Waals surface area contributed by atoms with Gasteiger partial charge in [0, 0.05) is 18.2 Å². The molecule has 1 aromatic carbocycles. The predicted molar refractivity (Wildman–Crippen MR) is 71.9 cm³/mol. The number of carbonyl (C=O) groups is 1. The van der Waals surface area contributed by atoms with Gasteiger partial charge in [-0.3, -0.25) is 4.79 Å². The molecule has 0 fully saturated rings. The van der Waals surface area contributed by atoms with Crippen molar-refractivity contribution in [3.05, 3.63) is 35.4 Å². The van der Waals surface area contributed by atoms with Crippen LogP contribution >= 0.6 is 0 Å². The van der Waals surface area contributed by atoms with Crippen LogP contribution < -0.4 is 5.32 Å². The summed E-state index contributed by atoms with van der Waals surface area (Å²) in [5, 5.41) is 2.74. The maximum Gasteiger partial charge on any atom is 0.251 e. The lowest BCUT2D eigenvalue weighted by molar-refractivity contribution is 0.0936. The number of hydrogen-bond acceptors (Lipinski definition) is 1. The van der Waals surface area contributed by atoms with E-state index in [9.17, 15) is 13.6 Å². The molecule has 106 valence electrons. The predicted octanol–water partition coefficient (Wildman–Crippen LogP) is 3.62. The van der Waals surface area contributed by atoms with E-state index in [4.69, 9.17) is 0 Å². The van der Waals surface area contributed by atoms with Crippen molar-refractivity contribution in [2.24, 2.45) is 17.8 Å². The first-order valence-corrected chi connectivity index (χ1v) is 6.55. The second-order valence-electron chi connectivity index (χ2n) is 5.52. The van der Waals surface area contributed by atoms with Crippen LogP contribution in [0.4, 0.5) is 8.78 Å². The molecule has 0 heterocycles. The minimum absolute atomic E-state index is 0.0174. The summed E-state index contributed by atoms with van der Waals surface area (Å²) in [6.45, 7) is 8.89. The zero-order chi connectivity index (χ0) is 14.6. The maximum atomic E-state index is 13.0. The van der Waals surface area contributed by atoms with Gasteiger partial charge in [-0.15, -0.1) is 0 Å². The van der Waals surface area contributed by atoms with E-state index in [0.29, 0.717) is 24.3 Å². The first kappa shape index (κ1) is 15.6. The highest BCUT2D eigenvalue weighted by molar-refractivity contribution is 5.94. The lowest BCUT2D eigenvalue weighted by atomic mass is 9.85. The van der Waals surface area contributed by atoms with E-state index >= 15 is 0 Å². The minimum atomic E-state index is -0.741. The molecule has 1 N–H and O–H groups in total. The molecule has 0 aliphatic rings. The van der Waals surface area contributed by atoms with E-state index in [-0.39, 0.29) is 5.56 Å². The number of carbonyl (C=O) groups excluding carboxylic acids is 1. The van der Waals surface area contributed by atoms with E-state index in [2.05, 4.69) is 33.0 Å². The van der Waals surface area contributed by atoms with Gasteiger partial charge in [-0.25, -0.2) is 8.78 Å². The minimum Gasteiger partial charge on any atom is -0.352 e. The van der Waals surface area contributed by atoms with Crippen molar-refractivity contribution in [3.63, 3.8) is 0 Å². The van der Waals surface area contributed by atoms with E-state index in [1.807, 2.05) is 0 Å². The summed E-state index contributed by atoms with van der Waals surface area (Å²) in [6.07, 6.45) is 0. The Kier molecular flexibility index (Phi) is 5.45. The molecule has 0 unspecified atom stereocenters. The lowest BCUT2D eigenvalue weighted by Crippen LogP contribution is -2.34. The molecule has 0 radical (unpaired) electrons. The van der Waals surface area contributed by atoms with Crippen LogP contribution in [0.5, 0.6) is 0 Å². The first-order chi connectivity index (χ1) is 8.81. The van der Waals surface area contributed by atoms with E-state index in [1.54, 1.807) is 0 Å². The van der Waals surface area contributed by atoms with E-state index in [1.165, 1.54) is 0 Å². The number of nitrogens with one attached hydrogen (secondary N) is 1. The van der Waals surface area contributed by atoms with Crippen LogP contribution in [0.3, 0.4) is 0 Å². The molecule has 1 rings (SSSR count). The molecule has 2 nitrogen and oxygen atoms in total. The summed E-state index contributed by atoms with van der Waals surface area (Å²) in [4.78, 5) is 11.9. The number of amides is 1. The summed E-state index contributed by atoms with van der Waals surface area (Å²) < 4.78 is 26.0. The van der Waals surface area contributed by atoms with Gasteiger partial charge >= 0.3 is 0 Å². The molecule has 0 saturated heterocycles. The summed E-state index contributed by atoms with van der Waals surface area (Å²) in [7, 11) is 0. The maximum absolute atomic E-state index is 13.0. The Bertz CT molecular complexity index is 416. The van der Waals surface area contributed by atoms with E-state index < -0.39 is 17.5 Å². The Hall–Kier alpha value is -1.45. The molecule has 1 aromatic rings. The van der Waals surface area contributed by atoms with Crippen molar-refractivity contribution < 1.29 is 13.6 Å². The molecule has 0 bridgehead atoms. The van der Waals surface area contributed by atoms with Gasteiger partial charge in [-0.2, -0.15) is 0 Å². The third kappa shape index (κ3) is 4.62. The smallest absolute Gasteiger partial charge is 0.251 e. The average Bonchev–Trinajstić information content (AvgIpc) is 2.26. The van der Waals surface area contributed by atoms with Crippen LogP contribution in [-0.2, 0) is 0 Å². The van der Waals surface area contributed by atoms with Crippen LogP contribution in [-0.4, -0.2) is 12.5 Å². The van der Waals surface area contributed by atoms with Crippen molar-refractivity contribution in [3.8, 4) is 0 Å². The molecule has 0 saturated carbocycles. The van der Waals surface area contributed by atoms with Crippen molar-refractivity contribution in [1.29, 1.82) is 0 Å². The SMILES string of the molecule is CC(C)C(CNC(=O)c1cc(F)cc(F)c1)C(C)C. The zero-order valence-corrected chi connectivity index (χ0v) is 11.8. The highest BCUT2D eigenvalue weighted by Gasteiger charge is 2.19.